The van der Waals surface area contributed by atoms with Crippen molar-refractivity contribution in [1.29, 1.82) is 0 Å². The summed E-state index contributed by atoms with van der Waals surface area (Å²) in [6.45, 7) is 0.850. The van der Waals surface area contributed by atoms with Crippen LogP contribution in [0.1, 0.15) is 0 Å². The Bertz CT molecular complexity index is 59.7. The minimum atomic E-state index is -2.17. The van der Waals surface area contributed by atoms with Gasteiger partial charge in [-0.3, -0.25) is 0 Å². The first-order valence-corrected chi connectivity index (χ1v) is 4.75. The summed E-state index contributed by atoms with van der Waals surface area (Å²) in [6.07, 6.45) is 0. The van der Waals surface area contributed by atoms with E-state index in [-0.39, 0.29) is 18.6 Å². The van der Waals surface area contributed by atoms with Gasteiger partial charge in [-0.25, -0.2) is 0 Å². The van der Waals surface area contributed by atoms with E-state index in [0.717, 1.165) is 0 Å². The zero-order valence-corrected chi connectivity index (χ0v) is 6.73. The Morgan fingerprint density at radius 1 is 1.50 bits per heavy atom. The second-order valence-electron chi connectivity index (χ2n) is 1.22. The molecule has 0 aromatic rings. The molecule has 0 fully saturated rings. The maximum atomic E-state index is 9.98. The normalized spacial score (nSPS) is 9.83. The van der Waals surface area contributed by atoms with Crippen molar-refractivity contribution < 1.29 is 23.1 Å². The topological polar surface area (TPSA) is 17.1 Å². The summed E-state index contributed by atoms with van der Waals surface area (Å²) < 4.78 is 9.98. The van der Waals surface area contributed by atoms with Gasteiger partial charge in [-0.1, -0.05) is 11.2 Å². The summed E-state index contributed by atoms with van der Waals surface area (Å²) in [5.74, 6) is 0. The summed E-state index contributed by atoms with van der Waals surface area (Å²) in [5, 5.41) is 0. The summed E-state index contributed by atoms with van der Waals surface area (Å²) in [4.78, 5) is 0. The maximum absolute atomic E-state index is 9.98. The molecule has 0 heterocycles. The minimum absolute atomic E-state index is 0. The molecule has 6 heavy (non-hydrogen) atoms. The summed E-state index contributed by atoms with van der Waals surface area (Å²) in [7, 11) is 0. The Labute approximate surface area is 54.5 Å². The van der Waals surface area contributed by atoms with Crippen LogP contribution in [0, 0.1) is 0 Å². The van der Waals surface area contributed by atoms with E-state index in [0.29, 0.717) is 0 Å². The Hall–Kier alpha value is 1.10. The van der Waals surface area contributed by atoms with Crippen molar-refractivity contribution in [2.24, 2.45) is 0 Å². The number of rotatable bonds is 0. The van der Waals surface area contributed by atoms with Crippen LogP contribution in [0.4, 0.5) is 0 Å². The Morgan fingerprint density at radius 3 is 1.50 bits per heavy atom. The molecule has 0 saturated heterocycles. The first-order chi connectivity index (χ1) is 2.00. The smallest absolute Gasteiger partial charge is 0.163 e. The number of hydrogen-bond donors (Lipinski definition) is 0. The maximum Gasteiger partial charge on any atom is 0.163 e. The van der Waals surface area contributed by atoms with Crippen LogP contribution in [-0.4, -0.2) is 13.3 Å². The molecule has 0 unspecified atom stereocenters. The largest absolute Gasteiger partial charge is 0.307 e. The Kier molecular flexibility index (Phi) is 5.34. The molecule has 0 atom stereocenters. The van der Waals surface area contributed by atoms with Crippen molar-refractivity contribution >= 4 is 17.7 Å². The van der Waals surface area contributed by atoms with Gasteiger partial charge in [0.05, 0.1) is 0 Å². The van der Waals surface area contributed by atoms with E-state index in [1.807, 2.05) is 0 Å². The molecular weight excluding hydrogens is 157 g/mol. The third-order valence-corrected chi connectivity index (χ3v) is 0. The monoisotopic (exact) mass is 163 g/mol. The molecular formula is C2H6ClOPV. The van der Waals surface area contributed by atoms with Gasteiger partial charge in [0.25, 0.3) is 0 Å². The summed E-state index contributed by atoms with van der Waals surface area (Å²) >= 11 is 5.09. The zero-order valence-electron chi connectivity index (χ0n) is 3.68. The number of halogens is 1. The van der Waals surface area contributed by atoms with Crippen LogP contribution in [0.15, 0.2) is 0 Å². The van der Waals surface area contributed by atoms with Gasteiger partial charge >= 0.3 is 0 Å². The molecule has 0 spiro atoms. The van der Waals surface area contributed by atoms with Crippen molar-refractivity contribution in [2.45, 2.75) is 0 Å². The Morgan fingerprint density at radius 2 is 1.50 bits per heavy atom. The molecule has 0 saturated carbocycles. The fourth-order valence-corrected chi connectivity index (χ4v) is 0. The van der Waals surface area contributed by atoms with E-state index in [1.54, 1.807) is 0 Å². The van der Waals surface area contributed by atoms with E-state index in [2.05, 4.69) is 0 Å². The predicted molar refractivity (Wildman–Crippen MR) is 25.3 cm³/mol. The van der Waals surface area contributed by atoms with Crippen molar-refractivity contribution in [1.82, 2.24) is 0 Å². The molecule has 0 amide bonds. The number of hydrogen-bond acceptors (Lipinski definition) is 1. The predicted octanol–water partition coefficient (Wildman–Crippen LogP) is 1.76. The van der Waals surface area contributed by atoms with E-state index in [4.69, 9.17) is 11.2 Å². The van der Waals surface area contributed by atoms with Crippen LogP contribution < -0.4 is 0 Å². The summed E-state index contributed by atoms with van der Waals surface area (Å²) in [6, 6.07) is 0. The zero-order chi connectivity index (χ0) is 4.50. The average molecular weight is 163 g/mol. The van der Waals surface area contributed by atoms with Gasteiger partial charge in [0.1, 0.15) is 0 Å². The van der Waals surface area contributed by atoms with E-state index in [9.17, 15) is 4.57 Å². The van der Waals surface area contributed by atoms with Crippen molar-refractivity contribution in [2.75, 3.05) is 13.3 Å². The third kappa shape index (κ3) is 70.5. The van der Waals surface area contributed by atoms with Gasteiger partial charge in [-0.2, -0.15) is 0 Å². The molecule has 0 aliphatic heterocycles. The fraction of sp³-hybridized carbons (Fsp3) is 1.00. The summed E-state index contributed by atoms with van der Waals surface area (Å²) in [5.41, 5.74) is 0. The first kappa shape index (κ1) is 10.2. The molecule has 0 aromatic carbocycles. The van der Waals surface area contributed by atoms with Gasteiger partial charge in [-0.15, -0.1) is 0 Å². The average Bonchev–Trinajstić information content (AvgIpc) is 0.722. The van der Waals surface area contributed by atoms with Crippen molar-refractivity contribution in [3.63, 3.8) is 0 Å². The molecule has 0 aliphatic carbocycles. The van der Waals surface area contributed by atoms with Crippen LogP contribution in [0.3, 0.4) is 0 Å². The van der Waals surface area contributed by atoms with E-state index in [1.165, 1.54) is 13.3 Å². The van der Waals surface area contributed by atoms with Crippen LogP contribution >= 0.6 is 17.7 Å². The van der Waals surface area contributed by atoms with E-state index < -0.39 is 6.49 Å². The van der Waals surface area contributed by atoms with Gasteiger partial charge in [-0.05, 0) is 0 Å². The molecule has 1 nitrogen and oxygen atoms in total. The molecule has 0 aromatic heterocycles. The second kappa shape index (κ2) is 3.15. The molecule has 0 bridgehead atoms. The van der Waals surface area contributed by atoms with Crippen molar-refractivity contribution in [3.05, 3.63) is 0 Å². The van der Waals surface area contributed by atoms with Crippen LogP contribution in [0.2, 0.25) is 0 Å². The Balaban J connectivity index is 0. The van der Waals surface area contributed by atoms with Gasteiger partial charge in [0.15, 0.2) is 6.49 Å². The molecule has 0 rings (SSSR count). The standard InChI is InChI=1S/C2H6ClOP.V/c1-5(2,3)4;/h1-2H3;. The molecule has 4 heteroatoms. The van der Waals surface area contributed by atoms with E-state index >= 15 is 0 Å². The SMILES string of the molecule is CP(C)(=O)Cl.[V]. The second-order valence-corrected chi connectivity index (χ2v) is 6.10. The third-order valence-electron chi connectivity index (χ3n) is 0. The van der Waals surface area contributed by atoms with Crippen LogP contribution in [0.5, 0.6) is 0 Å². The molecule has 0 aliphatic rings. The first-order valence-electron chi connectivity index (χ1n) is 1.25. The van der Waals surface area contributed by atoms with Crippen molar-refractivity contribution in [3.8, 4) is 0 Å². The minimum Gasteiger partial charge on any atom is -0.307 e. The quantitative estimate of drug-likeness (QED) is 0.497. The van der Waals surface area contributed by atoms with Crippen LogP contribution in [-0.2, 0) is 23.1 Å². The molecule has 37 valence electrons. The fourth-order valence-electron chi connectivity index (χ4n) is 0. The molecule has 0 N–H and O–H groups in total. The van der Waals surface area contributed by atoms with Crippen LogP contribution in [0.25, 0.3) is 0 Å². The van der Waals surface area contributed by atoms with Gasteiger partial charge < -0.3 is 4.57 Å². The molecule has 1 radical (unpaired) electrons. The van der Waals surface area contributed by atoms with Gasteiger partial charge in [0.2, 0.25) is 0 Å². The van der Waals surface area contributed by atoms with Gasteiger partial charge in [0, 0.05) is 31.9 Å².